The summed E-state index contributed by atoms with van der Waals surface area (Å²) >= 11 is 0. The molecule has 0 aliphatic rings. The lowest BCUT2D eigenvalue weighted by atomic mass is 10.0. The number of allylic oxidation sites excluding steroid dienone is 1. The van der Waals surface area contributed by atoms with Crippen LogP contribution >= 0.6 is 0 Å². The fourth-order valence-electron chi connectivity index (χ4n) is 3.25. The third-order valence-electron chi connectivity index (χ3n) is 4.85. The highest BCUT2D eigenvalue weighted by molar-refractivity contribution is 5.66. The Morgan fingerprint density at radius 3 is 1.93 bits per heavy atom. The second-order valence-electron chi connectivity index (χ2n) is 7.72. The topological polar surface area (TPSA) is 63.2 Å². The van der Waals surface area contributed by atoms with Crippen LogP contribution in [0.2, 0.25) is 0 Å². The van der Waals surface area contributed by atoms with E-state index in [0.29, 0.717) is 0 Å². The highest BCUT2D eigenvalue weighted by atomic mass is 16.7. The molecule has 6 heteroatoms. The van der Waals surface area contributed by atoms with Gasteiger partial charge in [0.15, 0.2) is 6.10 Å². The lowest BCUT2D eigenvalue weighted by Gasteiger charge is -2.24. The molecule has 0 aliphatic heterocycles. The molecule has 0 rings (SSSR count). The first kappa shape index (κ1) is 29.1. The first-order valence-electron chi connectivity index (χ1n) is 11.7. The molecule has 2 atom stereocenters. The summed E-state index contributed by atoms with van der Waals surface area (Å²) in [6.07, 6.45) is 18.7. The molecule has 0 amide bonds. The zero-order valence-corrected chi connectivity index (χ0v) is 19.9. The quantitative estimate of drug-likeness (QED) is 0.0938. The summed E-state index contributed by atoms with van der Waals surface area (Å²) < 4.78 is 26.3. The molecule has 0 aromatic rings. The Kier molecular flexibility index (Phi) is 22.0. The molecule has 0 bridgehead atoms. The van der Waals surface area contributed by atoms with Crippen LogP contribution in [0.25, 0.3) is 0 Å². The van der Waals surface area contributed by atoms with Crippen molar-refractivity contribution in [1.29, 1.82) is 0 Å². The first-order chi connectivity index (χ1) is 14.7. The number of methoxy groups -OCH3 is 2. The van der Waals surface area contributed by atoms with Crippen LogP contribution in [0.3, 0.4) is 0 Å². The average molecular weight is 431 g/mol. The number of carbonyl (C=O) groups excluding carboxylic acids is 1. The zero-order valence-electron chi connectivity index (χ0n) is 19.9. The number of hydrogen-bond donors (Lipinski definition) is 0. The SMILES string of the molecule is CCCCCCCCCCCCC/C=C/[C@H](OCOC)[C@@H](COCOC)OC(C)=O. The summed E-state index contributed by atoms with van der Waals surface area (Å²) in [5.74, 6) is -0.370. The molecule has 6 nitrogen and oxygen atoms in total. The van der Waals surface area contributed by atoms with Crippen molar-refractivity contribution in [3.8, 4) is 0 Å². The highest BCUT2D eigenvalue weighted by Crippen LogP contribution is 2.13. The molecule has 0 saturated carbocycles. The van der Waals surface area contributed by atoms with Gasteiger partial charge in [-0.15, -0.1) is 0 Å². The van der Waals surface area contributed by atoms with Crippen LogP contribution in [0.15, 0.2) is 12.2 Å². The van der Waals surface area contributed by atoms with Gasteiger partial charge in [0.1, 0.15) is 19.7 Å². The van der Waals surface area contributed by atoms with Crippen molar-refractivity contribution in [3.63, 3.8) is 0 Å². The molecule has 178 valence electrons. The molecular weight excluding hydrogens is 384 g/mol. The molecule has 0 unspecified atom stereocenters. The summed E-state index contributed by atoms with van der Waals surface area (Å²) in [4.78, 5) is 11.4. The van der Waals surface area contributed by atoms with Crippen molar-refractivity contribution in [1.82, 2.24) is 0 Å². The molecule has 0 aromatic heterocycles. The number of hydrogen-bond acceptors (Lipinski definition) is 6. The third-order valence-corrected chi connectivity index (χ3v) is 4.85. The molecule has 0 heterocycles. The molecule has 0 aromatic carbocycles. The third kappa shape index (κ3) is 19.0. The molecule has 0 N–H and O–H groups in total. The largest absolute Gasteiger partial charge is 0.457 e. The van der Waals surface area contributed by atoms with Gasteiger partial charge >= 0.3 is 5.97 Å². The molecule has 0 radical (unpaired) electrons. The Bertz CT molecular complexity index is 399. The standard InChI is InChI=1S/C24H46O6/c1-5-6-7-8-9-10-11-12-13-14-15-16-17-18-23(29-21-27-4)24(30-22(2)25)19-28-20-26-3/h17-18,23-24H,5-16,19-21H2,1-4H3/b18-17+/t23-,24+/m0/s1. The Morgan fingerprint density at radius 2 is 1.40 bits per heavy atom. The molecule has 30 heavy (non-hydrogen) atoms. The maximum Gasteiger partial charge on any atom is 0.303 e. The van der Waals surface area contributed by atoms with Crippen LogP contribution in [0.5, 0.6) is 0 Å². The van der Waals surface area contributed by atoms with Gasteiger partial charge in [-0.25, -0.2) is 0 Å². The smallest absolute Gasteiger partial charge is 0.303 e. The second kappa shape index (κ2) is 22.7. The Labute approximate surface area is 184 Å². The predicted octanol–water partition coefficient (Wildman–Crippen LogP) is 5.79. The van der Waals surface area contributed by atoms with Crippen molar-refractivity contribution in [2.45, 2.75) is 103 Å². The van der Waals surface area contributed by atoms with Gasteiger partial charge < -0.3 is 23.7 Å². The van der Waals surface area contributed by atoms with Crippen molar-refractivity contribution < 1.29 is 28.5 Å². The number of rotatable bonds is 22. The average Bonchev–Trinajstić information content (AvgIpc) is 2.72. The van der Waals surface area contributed by atoms with Gasteiger partial charge in [0.05, 0.1) is 6.61 Å². The van der Waals surface area contributed by atoms with E-state index in [1.165, 1.54) is 71.1 Å². The van der Waals surface area contributed by atoms with E-state index in [9.17, 15) is 4.79 Å². The molecule has 0 aliphatic carbocycles. The van der Waals surface area contributed by atoms with Gasteiger partial charge in [-0.05, 0) is 12.8 Å². The van der Waals surface area contributed by atoms with Gasteiger partial charge in [-0.1, -0.05) is 83.3 Å². The normalized spacial score (nSPS) is 13.6. The van der Waals surface area contributed by atoms with Crippen LogP contribution in [0.4, 0.5) is 0 Å². The maximum absolute atomic E-state index is 11.4. The number of esters is 1. The van der Waals surface area contributed by atoms with Gasteiger partial charge in [0.25, 0.3) is 0 Å². The van der Waals surface area contributed by atoms with Gasteiger partial charge in [-0.3, -0.25) is 4.79 Å². The van der Waals surface area contributed by atoms with E-state index in [-0.39, 0.29) is 26.2 Å². The molecular formula is C24H46O6. The van der Waals surface area contributed by atoms with Crippen LogP contribution in [0, 0.1) is 0 Å². The minimum absolute atomic E-state index is 0.121. The van der Waals surface area contributed by atoms with E-state index in [2.05, 4.69) is 13.0 Å². The van der Waals surface area contributed by atoms with Gasteiger partial charge in [0.2, 0.25) is 0 Å². The fourth-order valence-corrected chi connectivity index (χ4v) is 3.25. The number of ether oxygens (including phenoxy) is 5. The summed E-state index contributed by atoms with van der Waals surface area (Å²) in [7, 11) is 3.11. The van der Waals surface area contributed by atoms with E-state index in [1.54, 1.807) is 14.2 Å². The summed E-state index contributed by atoms with van der Waals surface area (Å²) in [6.45, 7) is 4.10. The molecule has 0 fully saturated rings. The van der Waals surface area contributed by atoms with Crippen LogP contribution in [-0.4, -0.2) is 52.6 Å². The lowest BCUT2D eigenvalue weighted by Crippen LogP contribution is -2.36. The predicted molar refractivity (Wildman–Crippen MR) is 120 cm³/mol. The Morgan fingerprint density at radius 1 is 0.833 bits per heavy atom. The van der Waals surface area contributed by atoms with Gasteiger partial charge in [0, 0.05) is 21.1 Å². The molecule has 0 saturated heterocycles. The van der Waals surface area contributed by atoms with E-state index >= 15 is 0 Å². The van der Waals surface area contributed by atoms with Crippen LogP contribution in [-0.2, 0) is 28.5 Å². The minimum Gasteiger partial charge on any atom is -0.457 e. The Balaban J connectivity index is 4.09. The zero-order chi connectivity index (χ0) is 22.3. The van der Waals surface area contributed by atoms with Crippen LogP contribution in [0.1, 0.15) is 90.9 Å². The maximum atomic E-state index is 11.4. The minimum atomic E-state index is -0.540. The van der Waals surface area contributed by atoms with E-state index in [4.69, 9.17) is 23.7 Å². The summed E-state index contributed by atoms with van der Waals surface area (Å²) in [5.41, 5.74) is 0. The summed E-state index contributed by atoms with van der Waals surface area (Å²) in [5, 5.41) is 0. The van der Waals surface area contributed by atoms with E-state index < -0.39 is 12.2 Å². The lowest BCUT2D eigenvalue weighted by molar-refractivity contribution is -0.169. The van der Waals surface area contributed by atoms with E-state index in [0.717, 1.165) is 12.8 Å². The first-order valence-corrected chi connectivity index (χ1v) is 11.7. The van der Waals surface area contributed by atoms with E-state index in [1.807, 2.05) is 6.08 Å². The number of carbonyl (C=O) groups is 1. The van der Waals surface area contributed by atoms with Crippen LogP contribution < -0.4 is 0 Å². The van der Waals surface area contributed by atoms with Gasteiger partial charge in [-0.2, -0.15) is 0 Å². The second-order valence-corrected chi connectivity index (χ2v) is 7.72. The van der Waals surface area contributed by atoms with Crippen molar-refractivity contribution in [3.05, 3.63) is 12.2 Å². The highest BCUT2D eigenvalue weighted by Gasteiger charge is 2.23. The molecule has 0 spiro atoms. The van der Waals surface area contributed by atoms with Crippen molar-refractivity contribution >= 4 is 5.97 Å². The van der Waals surface area contributed by atoms with Crippen molar-refractivity contribution in [2.24, 2.45) is 0 Å². The monoisotopic (exact) mass is 430 g/mol. The Hall–Kier alpha value is -0.950. The summed E-state index contributed by atoms with van der Waals surface area (Å²) in [6, 6.07) is 0. The van der Waals surface area contributed by atoms with Crippen molar-refractivity contribution in [2.75, 3.05) is 34.4 Å². The fraction of sp³-hybridized carbons (Fsp3) is 0.875. The number of unbranched alkanes of at least 4 members (excludes halogenated alkanes) is 11.